The average molecular weight is 307 g/mol. The first-order chi connectivity index (χ1) is 10.2. The van der Waals surface area contributed by atoms with Gasteiger partial charge < -0.3 is 9.31 Å². The van der Waals surface area contributed by atoms with Gasteiger partial charge in [0.05, 0.1) is 11.2 Å². The monoisotopic (exact) mass is 307 g/mol. The molecule has 0 N–H and O–H groups in total. The lowest BCUT2D eigenvalue weighted by Crippen LogP contribution is -2.41. The average Bonchev–Trinajstić information content (AvgIpc) is 2.66. The van der Waals surface area contributed by atoms with E-state index < -0.39 is 18.3 Å². The van der Waals surface area contributed by atoms with Crippen LogP contribution in [0.4, 0.5) is 4.39 Å². The van der Waals surface area contributed by atoms with E-state index in [0.29, 0.717) is 12.1 Å². The molecule has 5 heteroatoms. The summed E-state index contributed by atoms with van der Waals surface area (Å²) < 4.78 is 26.3. The Labute approximate surface area is 133 Å². The van der Waals surface area contributed by atoms with Gasteiger partial charge in [0.1, 0.15) is 5.82 Å². The predicted octanol–water partition coefficient (Wildman–Crippen LogP) is 2.97. The van der Waals surface area contributed by atoms with E-state index in [9.17, 15) is 4.39 Å². The third kappa shape index (κ3) is 3.37. The van der Waals surface area contributed by atoms with Crippen LogP contribution in [0.25, 0.3) is 0 Å². The fourth-order valence-electron chi connectivity index (χ4n) is 2.51. The van der Waals surface area contributed by atoms with Crippen LogP contribution >= 0.6 is 0 Å². The molecule has 1 heterocycles. The lowest BCUT2D eigenvalue weighted by Gasteiger charge is -2.32. The molecule has 0 saturated carbocycles. The van der Waals surface area contributed by atoms with E-state index in [1.54, 1.807) is 6.07 Å². The van der Waals surface area contributed by atoms with Crippen molar-refractivity contribution in [3.8, 4) is 0 Å². The Morgan fingerprint density at radius 1 is 1.05 bits per heavy atom. The summed E-state index contributed by atoms with van der Waals surface area (Å²) in [5.74, 6) is -0.195. The minimum absolute atomic E-state index is 0.195. The summed E-state index contributed by atoms with van der Waals surface area (Å²) in [5, 5.41) is 0. The molecular weight excluding hydrogens is 280 g/mol. The Bertz CT molecular complexity index is 513. The quantitative estimate of drug-likeness (QED) is 0.781. The second-order valence-electron chi connectivity index (χ2n) is 6.90. The summed E-state index contributed by atoms with van der Waals surface area (Å²) in [6.07, 6.45) is 0. The SMILES string of the molecule is CCN(CC)Cc1ccc(B2OC(C)(C)C(C)(C)O2)cc1F. The number of hydrogen-bond donors (Lipinski definition) is 0. The molecule has 0 bridgehead atoms. The highest BCUT2D eigenvalue weighted by atomic mass is 19.1. The van der Waals surface area contributed by atoms with Crippen molar-refractivity contribution in [1.29, 1.82) is 0 Å². The minimum Gasteiger partial charge on any atom is -0.399 e. The summed E-state index contributed by atoms with van der Waals surface area (Å²) in [5.41, 5.74) is 0.630. The molecule has 1 fully saturated rings. The molecule has 1 aromatic rings. The molecule has 22 heavy (non-hydrogen) atoms. The molecule has 122 valence electrons. The molecule has 1 aliphatic heterocycles. The van der Waals surface area contributed by atoms with Gasteiger partial charge in [-0.25, -0.2) is 4.39 Å². The van der Waals surface area contributed by atoms with Crippen LogP contribution in [0.15, 0.2) is 18.2 Å². The Morgan fingerprint density at radius 3 is 2.05 bits per heavy atom. The minimum atomic E-state index is -0.512. The highest BCUT2D eigenvalue weighted by molar-refractivity contribution is 6.62. The molecule has 0 aromatic heterocycles. The fourth-order valence-corrected chi connectivity index (χ4v) is 2.51. The van der Waals surface area contributed by atoms with Crippen LogP contribution in [0.3, 0.4) is 0 Å². The Hall–Kier alpha value is -0.905. The Kier molecular flexibility index (Phi) is 5.00. The summed E-state index contributed by atoms with van der Waals surface area (Å²) >= 11 is 0. The molecule has 1 aliphatic rings. The first kappa shape index (κ1) is 17.4. The lowest BCUT2D eigenvalue weighted by atomic mass is 9.78. The maximum absolute atomic E-state index is 14.4. The van der Waals surface area contributed by atoms with Gasteiger partial charge >= 0.3 is 7.12 Å². The van der Waals surface area contributed by atoms with Crippen LogP contribution in [0.5, 0.6) is 0 Å². The van der Waals surface area contributed by atoms with Gasteiger partial charge in [-0.3, -0.25) is 4.90 Å². The Morgan fingerprint density at radius 2 is 1.59 bits per heavy atom. The van der Waals surface area contributed by atoms with Gasteiger partial charge in [-0.15, -0.1) is 0 Å². The molecule has 0 spiro atoms. The van der Waals surface area contributed by atoms with E-state index in [1.807, 2.05) is 39.8 Å². The molecule has 0 aliphatic carbocycles. The maximum Gasteiger partial charge on any atom is 0.494 e. The summed E-state index contributed by atoms with van der Waals surface area (Å²) in [6, 6.07) is 5.29. The summed E-state index contributed by atoms with van der Waals surface area (Å²) in [7, 11) is -0.512. The smallest absolute Gasteiger partial charge is 0.399 e. The second-order valence-corrected chi connectivity index (χ2v) is 6.90. The zero-order chi connectivity index (χ0) is 16.5. The van der Waals surface area contributed by atoms with Crippen molar-refractivity contribution in [2.24, 2.45) is 0 Å². The van der Waals surface area contributed by atoms with Crippen molar-refractivity contribution in [2.45, 2.75) is 59.3 Å². The topological polar surface area (TPSA) is 21.7 Å². The van der Waals surface area contributed by atoms with Gasteiger partial charge in [-0.05, 0) is 52.3 Å². The Balaban J connectivity index is 2.17. The number of halogens is 1. The number of hydrogen-bond acceptors (Lipinski definition) is 3. The van der Waals surface area contributed by atoms with E-state index in [2.05, 4.69) is 18.7 Å². The molecule has 1 saturated heterocycles. The van der Waals surface area contributed by atoms with Gasteiger partial charge in [0.15, 0.2) is 0 Å². The maximum atomic E-state index is 14.4. The molecule has 2 rings (SSSR count). The van der Waals surface area contributed by atoms with E-state index in [-0.39, 0.29) is 5.82 Å². The van der Waals surface area contributed by atoms with Gasteiger partial charge in [-0.1, -0.05) is 26.0 Å². The number of benzene rings is 1. The molecule has 0 radical (unpaired) electrons. The zero-order valence-corrected chi connectivity index (χ0v) is 14.6. The third-order valence-electron chi connectivity index (χ3n) is 4.89. The highest BCUT2D eigenvalue weighted by Crippen LogP contribution is 2.36. The number of rotatable bonds is 5. The lowest BCUT2D eigenvalue weighted by molar-refractivity contribution is 0.00578. The fraction of sp³-hybridized carbons (Fsp3) is 0.647. The van der Waals surface area contributed by atoms with Crippen molar-refractivity contribution in [3.63, 3.8) is 0 Å². The third-order valence-corrected chi connectivity index (χ3v) is 4.89. The van der Waals surface area contributed by atoms with Crippen molar-refractivity contribution in [2.75, 3.05) is 13.1 Å². The standard InChI is InChI=1S/C17H27BFNO2/c1-7-20(8-2)12-13-9-10-14(11-15(13)19)18-21-16(3,4)17(5,6)22-18/h9-11H,7-8,12H2,1-6H3. The largest absolute Gasteiger partial charge is 0.494 e. The molecular formula is C17H27BFNO2. The van der Waals surface area contributed by atoms with Crippen LogP contribution in [0, 0.1) is 5.82 Å². The molecule has 1 aromatic carbocycles. The highest BCUT2D eigenvalue weighted by Gasteiger charge is 2.51. The van der Waals surface area contributed by atoms with E-state index >= 15 is 0 Å². The molecule has 0 unspecified atom stereocenters. The van der Waals surface area contributed by atoms with Crippen LogP contribution in [0.2, 0.25) is 0 Å². The first-order valence-electron chi connectivity index (χ1n) is 8.06. The normalized spacial score (nSPS) is 19.9. The molecule has 3 nitrogen and oxygen atoms in total. The van der Waals surface area contributed by atoms with Gasteiger partial charge in [-0.2, -0.15) is 0 Å². The first-order valence-corrected chi connectivity index (χ1v) is 8.06. The predicted molar refractivity (Wildman–Crippen MR) is 88.7 cm³/mol. The second kappa shape index (κ2) is 6.30. The van der Waals surface area contributed by atoms with Crippen LogP contribution in [-0.2, 0) is 15.9 Å². The van der Waals surface area contributed by atoms with Gasteiger partial charge in [0.2, 0.25) is 0 Å². The van der Waals surface area contributed by atoms with Crippen molar-refractivity contribution >= 4 is 12.6 Å². The van der Waals surface area contributed by atoms with E-state index in [1.165, 1.54) is 0 Å². The van der Waals surface area contributed by atoms with Crippen molar-refractivity contribution in [1.82, 2.24) is 4.90 Å². The van der Waals surface area contributed by atoms with E-state index in [4.69, 9.17) is 9.31 Å². The van der Waals surface area contributed by atoms with Crippen LogP contribution in [0.1, 0.15) is 47.1 Å². The molecule has 0 amide bonds. The summed E-state index contributed by atoms with van der Waals surface area (Å²) in [6.45, 7) is 14.6. The van der Waals surface area contributed by atoms with Crippen LogP contribution < -0.4 is 5.46 Å². The van der Waals surface area contributed by atoms with Crippen molar-refractivity contribution < 1.29 is 13.7 Å². The zero-order valence-electron chi connectivity index (χ0n) is 14.6. The van der Waals surface area contributed by atoms with Gasteiger partial charge in [0.25, 0.3) is 0 Å². The number of nitrogens with zero attached hydrogens (tertiary/aromatic N) is 1. The van der Waals surface area contributed by atoms with E-state index in [0.717, 1.165) is 18.6 Å². The molecule has 0 atom stereocenters. The van der Waals surface area contributed by atoms with Crippen LogP contribution in [-0.4, -0.2) is 36.3 Å². The summed E-state index contributed by atoms with van der Waals surface area (Å²) in [4.78, 5) is 2.19. The van der Waals surface area contributed by atoms with Crippen molar-refractivity contribution in [3.05, 3.63) is 29.6 Å². The van der Waals surface area contributed by atoms with Gasteiger partial charge in [0, 0.05) is 12.1 Å².